The van der Waals surface area contributed by atoms with Crippen LogP contribution < -0.4 is 0 Å². The average molecular weight is 153 g/mol. The van der Waals surface area contributed by atoms with Crippen molar-refractivity contribution in [2.75, 3.05) is 0 Å². The molecule has 0 aliphatic heterocycles. The van der Waals surface area contributed by atoms with E-state index in [0.717, 1.165) is 11.8 Å². The molecular weight excluding hydrogens is 132 g/mol. The van der Waals surface area contributed by atoms with Gasteiger partial charge >= 0.3 is 0 Å². The molecule has 0 aromatic heterocycles. The second kappa shape index (κ2) is 4.79. The Bertz CT molecular complexity index is 84.2. The minimum atomic E-state index is 0.750. The van der Waals surface area contributed by atoms with Crippen LogP contribution in [0, 0.1) is 18.8 Å². The minimum absolute atomic E-state index is 0.750. The monoisotopic (exact) mass is 153 g/mol. The summed E-state index contributed by atoms with van der Waals surface area (Å²) >= 11 is 0. The van der Waals surface area contributed by atoms with Crippen LogP contribution in [0.4, 0.5) is 0 Å². The van der Waals surface area contributed by atoms with Crippen LogP contribution in [-0.2, 0) is 0 Å². The predicted molar refractivity (Wildman–Crippen MR) is 50.3 cm³/mol. The number of rotatable bonds is 0. The van der Waals surface area contributed by atoms with Crippen molar-refractivity contribution in [3.8, 4) is 0 Å². The van der Waals surface area contributed by atoms with Gasteiger partial charge in [-0.25, -0.2) is 0 Å². The standard InChI is InChI=1S/C11H21/c1-10-6-3-4-7-11(2)9-5-8-10/h10-11H,1,3-9H2,2H3/q-1. The van der Waals surface area contributed by atoms with Gasteiger partial charge in [-0.15, -0.1) is 0 Å². The third kappa shape index (κ3) is 3.79. The maximum atomic E-state index is 4.17. The SMILES string of the molecule is [CH2-]C1CCCCC(C)CCC1. The van der Waals surface area contributed by atoms with Crippen LogP contribution in [0.25, 0.3) is 0 Å². The largest absolute Gasteiger partial charge is 0.340 e. The van der Waals surface area contributed by atoms with Gasteiger partial charge in [-0.05, 0) is 5.92 Å². The summed E-state index contributed by atoms with van der Waals surface area (Å²) in [6.07, 6.45) is 9.89. The highest BCUT2D eigenvalue weighted by Crippen LogP contribution is 2.23. The second-order valence-corrected chi connectivity index (χ2v) is 4.19. The van der Waals surface area contributed by atoms with E-state index in [0.29, 0.717) is 0 Å². The molecule has 0 heterocycles. The quantitative estimate of drug-likeness (QED) is 0.464. The molecule has 1 saturated carbocycles. The molecule has 0 aromatic rings. The summed E-state index contributed by atoms with van der Waals surface area (Å²) in [4.78, 5) is 0. The Balaban J connectivity index is 2.24. The average Bonchev–Trinajstić information content (AvgIpc) is 2.04. The van der Waals surface area contributed by atoms with Crippen molar-refractivity contribution < 1.29 is 0 Å². The molecule has 0 amide bonds. The van der Waals surface area contributed by atoms with E-state index < -0.39 is 0 Å². The smallest absolute Gasteiger partial charge is 0.0443 e. The zero-order valence-electron chi connectivity index (χ0n) is 7.81. The Morgan fingerprint density at radius 3 is 2.27 bits per heavy atom. The van der Waals surface area contributed by atoms with Gasteiger partial charge in [-0.3, -0.25) is 0 Å². The molecule has 0 N–H and O–H groups in total. The summed E-state index contributed by atoms with van der Waals surface area (Å²) in [5.74, 6) is 1.72. The van der Waals surface area contributed by atoms with E-state index in [9.17, 15) is 0 Å². The molecule has 0 aromatic carbocycles. The van der Waals surface area contributed by atoms with Crippen molar-refractivity contribution in [2.24, 2.45) is 11.8 Å². The van der Waals surface area contributed by atoms with Crippen molar-refractivity contribution in [1.29, 1.82) is 0 Å². The van der Waals surface area contributed by atoms with E-state index >= 15 is 0 Å². The van der Waals surface area contributed by atoms with E-state index in [1.807, 2.05) is 0 Å². The number of hydrogen-bond donors (Lipinski definition) is 0. The summed E-state index contributed by atoms with van der Waals surface area (Å²) in [5.41, 5.74) is 0. The molecule has 11 heavy (non-hydrogen) atoms. The van der Waals surface area contributed by atoms with Crippen LogP contribution in [0.1, 0.15) is 51.9 Å². The lowest BCUT2D eigenvalue weighted by atomic mass is 9.98. The van der Waals surface area contributed by atoms with Crippen molar-refractivity contribution in [2.45, 2.75) is 51.9 Å². The van der Waals surface area contributed by atoms with Crippen LogP contribution in [0.15, 0.2) is 0 Å². The first-order chi connectivity index (χ1) is 5.29. The fourth-order valence-electron chi connectivity index (χ4n) is 1.97. The normalized spacial score (nSPS) is 35.5. The molecule has 0 radical (unpaired) electrons. The predicted octanol–water partition coefficient (Wildman–Crippen LogP) is 3.82. The highest BCUT2D eigenvalue weighted by Gasteiger charge is 2.05. The van der Waals surface area contributed by atoms with E-state index in [1.165, 1.54) is 44.9 Å². The van der Waals surface area contributed by atoms with Crippen LogP contribution in [0.5, 0.6) is 0 Å². The maximum Gasteiger partial charge on any atom is -0.0443 e. The van der Waals surface area contributed by atoms with Gasteiger partial charge in [0.15, 0.2) is 0 Å². The summed E-state index contributed by atoms with van der Waals surface area (Å²) < 4.78 is 0. The van der Waals surface area contributed by atoms with E-state index in [4.69, 9.17) is 0 Å². The Morgan fingerprint density at radius 1 is 0.909 bits per heavy atom. The zero-order chi connectivity index (χ0) is 8.10. The highest BCUT2D eigenvalue weighted by molar-refractivity contribution is 4.66. The van der Waals surface area contributed by atoms with Gasteiger partial charge in [-0.2, -0.15) is 5.92 Å². The first-order valence-corrected chi connectivity index (χ1v) is 5.12. The molecule has 0 heteroatoms. The lowest BCUT2D eigenvalue weighted by Crippen LogP contribution is -1.94. The second-order valence-electron chi connectivity index (χ2n) is 4.19. The van der Waals surface area contributed by atoms with Gasteiger partial charge in [0, 0.05) is 0 Å². The topological polar surface area (TPSA) is 0 Å². The minimum Gasteiger partial charge on any atom is -0.340 e. The molecule has 2 atom stereocenters. The summed E-state index contributed by atoms with van der Waals surface area (Å²) in [6.45, 7) is 6.56. The molecule has 0 spiro atoms. The molecule has 1 aliphatic carbocycles. The van der Waals surface area contributed by atoms with Crippen molar-refractivity contribution in [3.63, 3.8) is 0 Å². The Hall–Kier alpha value is 0. The zero-order valence-corrected chi connectivity index (χ0v) is 7.81. The van der Waals surface area contributed by atoms with Crippen molar-refractivity contribution >= 4 is 0 Å². The fraction of sp³-hybridized carbons (Fsp3) is 0.909. The summed E-state index contributed by atoms with van der Waals surface area (Å²) in [7, 11) is 0. The molecular formula is C11H21-. The van der Waals surface area contributed by atoms with E-state index in [1.54, 1.807) is 0 Å². The highest BCUT2D eigenvalue weighted by atomic mass is 14.1. The molecule has 1 aliphatic rings. The fourth-order valence-corrected chi connectivity index (χ4v) is 1.97. The van der Waals surface area contributed by atoms with E-state index in [2.05, 4.69) is 13.8 Å². The molecule has 1 fully saturated rings. The van der Waals surface area contributed by atoms with Gasteiger partial charge in [0.25, 0.3) is 0 Å². The third-order valence-corrected chi connectivity index (χ3v) is 2.87. The first kappa shape index (κ1) is 9.09. The molecule has 2 unspecified atom stereocenters. The Labute approximate surface area is 71.4 Å². The first-order valence-electron chi connectivity index (χ1n) is 5.12. The van der Waals surface area contributed by atoms with Gasteiger partial charge in [0.2, 0.25) is 0 Å². The molecule has 0 saturated heterocycles. The summed E-state index contributed by atoms with van der Waals surface area (Å²) in [5, 5.41) is 0. The lowest BCUT2D eigenvalue weighted by Gasteiger charge is -2.15. The summed E-state index contributed by atoms with van der Waals surface area (Å²) in [6, 6.07) is 0. The van der Waals surface area contributed by atoms with Crippen molar-refractivity contribution in [3.05, 3.63) is 6.92 Å². The van der Waals surface area contributed by atoms with Gasteiger partial charge in [0.1, 0.15) is 0 Å². The Morgan fingerprint density at radius 2 is 1.45 bits per heavy atom. The van der Waals surface area contributed by atoms with Crippen LogP contribution >= 0.6 is 0 Å². The molecule has 0 nitrogen and oxygen atoms in total. The van der Waals surface area contributed by atoms with Gasteiger partial charge in [0.05, 0.1) is 0 Å². The van der Waals surface area contributed by atoms with Crippen LogP contribution in [0.2, 0.25) is 0 Å². The van der Waals surface area contributed by atoms with Crippen LogP contribution in [-0.4, -0.2) is 0 Å². The Kier molecular flexibility index (Phi) is 3.96. The van der Waals surface area contributed by atoms with Crippen LogP contribution in [0.3, 0.4) is 0 Å². The molecule has 1 rings (SSSR count). The molecule has 66 valence electrons. The molecule has 0 bridgehead atoms. The van der Waals surface area contributed by atoms with E-state index in [-0.39, 0.29) is 0 Å². The maximum absolute atomic E-state index is 4.17. The third-order valence-electron chi connectivity index (χ3n) is 2.87. The van der Waals surface area contributed by atoms with Crippen molar-refractivity contribution in [1.82, 2.24) is 0 Å². The lowest BCUT2D eigenvalue weighted by molar-refractivity contribution is 0.460. The number of hydrogen-bond acceptors (Lipinski definition) is 0. The van der Waals surface area contributed by atoms with Gasteiger partial charge < -0.3 is 6.92 Å². The van der Waals surface area contributed by atoms with Gasteiger partial charge in [-0.1, -0.05) is 51.9 Å².